The molecule has 3 atom stereocenters. The fraction of sp³-hybridized carbons (Fsp3) is 0.290. The van der Waals surface area contributed by atoms with Gasteiger partial charge in [-0.1, -0.05) is 12.1 Å². The lowest BCUT2D eigenvalue weighted by atomic mass is 9.91. The summed E-state index contributed by atoms with van der Waals surface area (Å²) in [6, 6.07) is 7.88. The summed E-state index contributed by atoms with van der Waals surface area (Å²) < 4.78 is 114. The van der Waals surface area contributed by atoms with E-state index in [1.807, 2.05) is 0 Å². The van der Waals surface area contributed by atoms with E-state index in [1.165, 1.54) is 24.4 Å². The van der Waals surface area contributed by atoms with E-state index in [9.17, 15) is 44.7 Å². The predicted molar refractivity (Wildman–Crippen MR) is 146 cm³/mol. The van der Waals surface area contributed by atoms with Gasteiger partial charge in [0.25, 0.3) is 11.8 Å². The summed E-state index contributed by atoms with van der Waals surface area (Å²) in [6.45, 7) is -0.879. The second-order valence-electron chi connectivity index (χ2n) is 11.4. The molecule has 7 nitrogen and oxygen atoms in total. The zero-order valence-corrected chi connectivity index (χ0v) is 23.5. The molecular weight excluding hydrogens is 626 g/mol. The Kier molecular flexibility index (Phi) is 7.60. The molecule has 2 aliphatic carbocycles. The Labute approximate surface area is 255 Å². The van der Waals surface area contributed by atoms with Gasteiger partial charge in [0.2, 0.25) is 5.91 Å². The van der Waals surface area contributed by atoms with Gasteiger partial charge in [-0.25, -0.2) is 22.0 Å². The monoisotopic (exact) mass is 649 g/mol. The number of aromatic nitrogens is 3. The fourth-order valence-electron chi connectivity index (χ4n) is 6.15. The summed E-state index contributed by atoms with van der Waals surface area (Å²) in [7, 11) is 0. The first kappa shape index (κ1) is 31.2. The molecule has 3 N–H and O–H groups in total. The summed E-state index contributed by atoms with van der Waals surface area (Å²) >= 11 is 0. The molecule has 2 amide bonds. The smallest absolute Gasteiger partial charge is 0.366 e. The lowest BCUT2D eigenvalue weighted by Crippen LogP contribution is -2.34. The van der Waals surface area contributed by atoms with Crippen LogP contribution in [0.15, 0.2) is 54.7 Å². The molecule has 46 heavy (non-hydrogen) atoms. The molecule has 0 spiro atoms. The molecular formula is C31H23F8N5O2. The largest absolute Gasteiger partial charge is 0.435 e. The van der Waals surface area contributed by atoms with Crippen LogP contribution in [-0.4, -0.2) is 26.6 Å². The number of primary amides is 1. The Hall–Kier alpha value is -4.82. The van der Waals surface area contributed by atoms with Crippen LogP contribution in [0.4, 0.5) is 35.1 Å². The highest BCUT2D eigenvalue weighted by atomic mass is 19.4. The van der Waals surface area contributed by atoms with Crippen LogP contribution in [0.5, 0.6) is 0 Å². The molecule has 2 aromatic heterocycles. The summed E-state index contributed by atoms with van der Waals surface area (Å²) in [5.41, 5.74) is 2.13. The van der Waals surface area contributed by atoms with Crippen LogP contribution in [0.25, 0.3) is 11.1 Å². The molecule has 1 saturated carbocycles. The van der Waals surface area contributed by atoms with Crippen molar-refractivity contribution >= 4 is 11.8 Å². The number of nitrogens with one attached hydrogen (secondary N) is 1. The number of hydrogen-bond acceptors (Lipinski definition) is 4. The SMILES string of the molecule is NC(=O)c1cc(-c2cccnc2[C@H](Cc2cc(F)cc(F)c2)NC(=O)Cn2nc(C(F)(F)F)c3c2C2CC2CC3(F)F)ccc1F. The summed E-state index contributed by atoms with van der Waals surface area (Å²) in [5, 5.41) is 6.01. The van der Waals surface area contributed by atoms with Crippen molar-refractivity contribution in [1.82, 2.24) is 20.1 Å². The maximum absolute atomic E-state index is 14.9. The number of amides is 2. The normalized spacial score (nSPS) is 18.8. The molecule has 0 radical (unpaired) electrons. The second-order valence-corrected chi connectivity index (χ2v) is 11.4. The van der Waals surface area contributed by atoms with Crippen LogP contribution in [-0.2, 0) is 29.9 Å². The van der Waals surface area contributed by atoms with Crippen LogP contribution >= 0.6 is 0 Å². The summed E-state index contributed by atoms with van der Waals surface area (Å²) in [4.78, 5) is 29.6. The average molecular weight is 650 g/mol. The van der Waals surface area contributed by atoms with Crippen LogP contribution in [0, 0.1) is 23.4 Å². The number of rotatable bonds is 8. The van der Waals surface area contributed by atoms with Crippen LogP contribution < -0.4 is 11.1 Å². The van der Waals surface area contributed by atoms with Crippen molar-refractivity contribution in [3.8, 4) is 11.1 Å². The minimum Gasteiger partial charge on any atom is -0.366 e. The number of carbonyl (C=O) groups excluding carboxylic acids is 2. The number of nitrogens with zero attached hydrogens (tertiary/aromatic N) is 3. The van der Waals surface area contributed by atoms with Crippen LogP contribution in [0.2, 0.25) is 0 Å². The molecule has 240 valence electrons. The maximum Gasteiger partial charge on any atom is 0.435 e. The average Bonchev–Trinajstić information content (AvgIpc) is 3.59. The Morgan fingerprint density at radius 3 is 2.46 bits per heavy atom. The topological polar surface area (TPSA) is 103 Å². The van der Waals surface area contributed by atoms with E-state index in [2.05, 4.69) is 15.4 Å². The van der Waals surface area contributed by atoms with E-state index in [1.54, 1.807) is 0 Å². The molecule has 0 bridgehead atoms. The van der Waals surface area contributed by atoms with Crippen molar-refractivity contribution in [2.45, 2.75) is 49.9 Å². The maximum atomic E-state index is 14.9. The molecule has 2 heterocycles. The quantitative estimate of drug-likeness (QED) is 0.223. The van der Waals surface area contributed by atoms with Gasteiger partial charge in [0.05, 0.1) is 28.6 Å². The second kappa shape index (κ2) is 11.2. The van der Waals surface area contributed by atoms with Crippen LogP contribution in [0.3, 0.4) is 0 Å². The number of pyridine rings is 1. The van der Waals surface area contributed by atoms with E-state index < -0.39 is 89.0 Å². The van der Waals surface area contributed by atoms with E-state index >= 15 is 0 Å². The van der Waals surface area contributed by atoms with Gasteiger partial charge in [0, 0.05) is 30.2 Å². The number of fused-ring (bicyclic) bond motifs is 3. The first-order chi connectivity index (χ1) is 21.6. The van der Waals surface area contributed by atoms with Crippen molar-refractivity contribution < 1.29 is 44.7 Å². The van der Waals surface area contributed by atoms with Crippen molar-refractivity contribution in [3.63, 3.8) is 0 Å². The van der Waals surface area contributed by atoms with Gasteiger partial charge in [0.1, 0.15) is 24.0 Å². The molecule has 0 saturated heterocycles. The third-order valence-corrected chi connectivity index (χ3v) is 8.12. The van der Waals surface area contributed by atoms with Gasteiger partial charge in [-0.15, -0.1) is 0 Å². The number of carbonyl (C=O) groups is 2. The highest BCUT2D eigenvalue weighted by Gasteiger charge is 2.60. The zero-order valence-electron chi connectivity index (χ0n) is 23.5. The van der Waals surface area contributed by atoms with Gasteiger partial charge in [-0.3, -0.25) is 19.3 Å². The Morgan fingerprint density at radius 2 is 1.78 bits per heavy atom. The Bertz CT molecular complexity index is 1850. The number of benzene rings is 2. The number of halogens is 8. The summed E-state index contributed by atoms with van der Waals surface area (Å²) in [6.07, 6.45) is -4.69. The standard InChI is InChI=1S/C31H23F8N5O2/c32-17-6-14(7-18(33)11-17)8-23(26-19(2-1-5-41-26)15-3-4-22(34)21(9-15)29(40)46)42-24(45)13-44-27-20-10-16(20)12-30(35,36)25(27)28(43-44)31(37,38)39/h1-7,9,11,16,20,23H,8,10,12-13H2,(H2,40,46)(H,42,45)/t16?,20?,23-/m0/s1. The lowest BCUT2D eigenvalue weighted by molar-refractivity contribution is -0.146. The molecule has 1 fully saturated rings. The highest BCUT2D eigenvalue weighted by Crippen LogP contribution is 2.62. The minimum absolute atomic E-state index is 0.0626. The Balaban J connectivity index is 1.39. The highest BCUT2D eigenvalue weighted by molar-refractivity contribution is 5.94. The molecule has 2 unspecified atom stereocenters. The third-order valence-electron chi connectivity index (χ3n) is 8.12. The molecule has 15 heteroatoms. The van der Waals surface area contributed by atoms with Gasteiger partial charge in [0.15, 0.2) is 5.69 Å². The molecule has 2 aliphatic rings. The lowest BCUT2D eigenvalue weighted by Gasteiger charge is -2.24. The van der Waals surface area contributed by atoms with E-state index in [4.69, 9.17) is 5.73 Å². The van der Waals surface area contributed by atoms with E-state index in [-0.39, 0.29) is 40.9 Å². The van der Waals surface area contributed by atoms with E-state index in [0.717, 1.165) is 24.3 Å². The van der Waals surface area contributed by atoms with Crippen molar-refractivity contribution in [2.24, 2.45) is 11.7 Å². The fourth-order valence-corrected chi connectivity index (χ4v) is 6.15. The number of alkyl halides is 5. The van der Waals surface area contributed by atoms with Crippen molar-refractivity contribution in [1.29, 1.82) is 0 Å². The van der Waals surface area contributed by atoms with Crippen molar-refractivity contribution in [3.05, 3.63) is 106 Å². The summed E-state index contributed by atoms with van der Waals surface area (Å²) in [5.74, 6) is -9.71. The molecule has 0 aliphatic heterocycles. The molecule has 6 rings (SSSR count). The molecule has 4 aromatic rings. The minimum atomic E-state index is -5.21. The predicted octanol–water partition coefficient (Wildman–Crippen LogP) is 6.18. The van der Waals surface area contributed by atoms with Crippen LogP contribution in [0.1, 0.15) is 63.4 Å². The van der Waals surface area contributed by atoms with Gasteiger partial charge >= 0.3 is 6.18 Å². The zero-order chi connectivity index (χ0) is 33.1. The Morgan fingerprint density at radius 1 is 1.07 bits per heavy atom. The van der Waals surface area contributed by atoms with Crippen molar-refractivity contribution in [2.75, 3.05) is 0 Å². The first-order valence-electron chi connectivity index (χ1n) is 14.0. The van der Waals surface area contributed by atoms with Gasteiger partial charge in [-0.2, -0.15) is 18.3 Å². The number of nitrogens with two attached hydrogens (primary N) is 1. The van der Waals surface area contributed by atoms with Gasteiger partial charge < -0.3 is 11.1 Å². The van der Waals surface area contributed by atoms with Gasteiger partial charge in [-0.05, 0) is 60.2 Å². The first-order valence-corrected chi connectivity index (χ1v) is 14.0. The van der Waals surface area contributed by atoms with E-state index in [0.29, 0.717) is 10.7 Å². The third kappa shape index (κ3) is 5.93. The number of hydrogen-bond donors (Lipinski definition) is 2. The molecule has 2 aromatic carbocycles.